The summed E-state index contributed by atoms with van der Waals surface area (Å²) < 4.78 is 70.5. The summed E-state index contributed by atoms with van der Waals surface area (Å²) in [6.45, 7) is 3.72. The number of carbonyl (C=O) groups is 2. The average molecular weight is 425 g/mol. The number of nitrogens with two attached hydrogens (primary N) is 1. The molecule has 2 amide bonds. The van der Waals surface area contributed by atoms with Gasteiger partial charge in [-0.25, -0.2) is 9.59 Å². The molecule has 0 aliphatic heterocycles. The Bertz CT molecular complexity index is 848. The monoisotopic (exact) mass is 425 g/mol. The average Bonchev–Trinajstić information content (AvgIpc) is 2.50. The van der Waals surface area contributed by atoms with Crippen molar-refractivity contribution >= 4 is 28.2 Å². The van der Waals surface area contributed by atoms with Gasteiger partial charge in [-0.2, -0.15) is 21.6 Å². The van der Waals surface area contributed by atoms with E-state index in [1.54, 1.807) is 18.2 Å². The van der Waals surface area contributed by atoms with Crippen molar-refractivity contribution < 1.29 is 40.7 Å². The number of rotatable bonds is 3. The predicted octanol–water partition coefficient (Wildman–Crippen LogP) is 2.72. The van der Waals surface area contributed by atoms with E-state index in [1.165, 1.54) is 32.9 Å². The van der Waals surface area contributed by atoms with Gasteiger partial charge in [0, 0.05) is 0 Å². The van der Waals surface area contributed by atoms with Gasteiger partial charge in [0.15, 0.2) is 0 Å². The number of nitrogens with zero attached hydrogens (tertiary/aromatic N) is 2. The van der Waals surface area contributed by atoms with Gasteiger partial charge in [-0.1, -0.05) is 30.3 Å². The van der Waals surface area contributed by atoms with E-state index in [2.05, 4.69) is 9.73 Å². The van der Waals surface area contributed by atoms with E-state index in [9.17, 15) is 31.2 Å². The molecule has 0 bridgehead atoms. The number of ether oxygens (including phenoxy) is 2. The summed E-state index contributed by atoms with van der Waals surface area (Å²) in [5, 5.41) is 0. The second-order valence-corrected chi connectivity index (χ2v) is 7.98. The zero-order valence-electron chi connectivity index (χ0n) is 15.1. The third kappa shape index (κ3) is 6.40. The summed E-state index contributed by atoms with van der Waals surface area (Å²) in [6, 6.07) is 7.72. The molecule has 9 nitrogen and oxygen atoms in total. The Morgan fingerprint density at radius 3 is 2.14 bits per heavy atom. The molecule has 0 unspecified atom stereocenters. The van der Waals surface area contributed by atoms with Crippen LogP contribution in [0.4, 0.5) is 22.8 Å². The topological polar surface area (TPSA) is 128 Å². The van der Waals surface area contributed by atoms with Crippen LogP contribution < -0.4 is 5.73 Å². The number of hydrogen-bond acceptors (Lipinski definition) is 6. The summed E-state index contributed by atoms with van der Waals surface area (Å²) in [7, 11) is -6.34. The van der Waals surface area contributed by atoms with Gasteiger partial charge in [-0.05, 0) is 26.3 Å². The van der Waals surface area contributed by atoms with E-state index >= 15 is 0 Å². The molecule has 1 rings (SSSR count). The summed E-state index contributed by atoms with van der Waals surface area (Å²) in [6.07, 6.45) is -3.49. The highest BCUT2D eigenvalue weighted by Crippen LogP contribution is 2.27. The smallest absolute Gasteiger partial charge is 0.444 e. The Morgan fingerprint density at radius 2 is 1.68 bits per heavy atom. The molecule has 0 aliphatic carbocycles. The van der Waals surface area contributed by atoms with Gasteiger partial charge >= 0.3 is 27.7 Å². The number of alkyl halides is 3. The van der Waals surface area contributed by atoms with Gasteiger partial charge < -0.3 is 15.2 Å². The number of carbonyl (C=O) groups excluding carboxylic acids is 2. The number of aliphatic imine (C=N–C) groups is 1. The molecule has 0 spiro atoms. The van der Waals surface area contributed by atoms with Crippen molar-refractivity contribution in [3.8, 4) is 0 Å². The highest BCUT2D eigenvalue weighted by molar-refractivity contribution is 7.91. The van der Waals surface area contributed by atoms with E-state index in [0.29, 0.717) is 5.56 Å². The van der Waals surface area contributed by atoms with Crippen molar-refractivity contribution in [1.82, 2.24) is 4.31 Å². The summed E-state index contributed by atoms with van der Waals surface area (Å²) in [4.78, 5) is 26.5. The third-order valence-electron chi connectivity index (χ3n) is 2.71. The van der Waals surface area contributed by atoms with Crippen LogP contribution in [0.2, 0.25) is 0 Å². The Balaban J connectivity index is 3.18. The van der Waals surface area contributed by atoms with Crippen molar-refractivity contribution in [3.63, 3.8) is 0 Å². The first-order chi connectivity index (χ1) is 12.6. The molecule has 28 heavy (non-hydrogen) atoms. The minimum atomic E-state index is -6.34. The molecule has 0 saturated heterocycles. The predicted molar refractivity (Wildman–Crippen MR) is 91.3 cm³/mol. The highest BCUT2D eigenvalue weighted by Gasteiger charge is 2.54. The van der Waals surface area contributed by atoms with Crippen LogP contribution in [0, 0.1) is 0 Å². The quantitative estimate of drug-likeness (QED) is 0.582. The van der Waals surface area contributed by atoms with E-state index < -0.39 is 50.2 Å². The standard InChI is InChI=1S/C15H18F3N3O6S/c1-14(2,3)27-12(22)20-11(19)21(28(24,25)15(16,17)18)13(23)26-9-10-7-5-4-6-8-10/h4-8H,9H2,1-3H3,(H2,19,20,22). The van der Waals surface area contributed by atoms with Crippen molar-refractivity contribution in [2.75, 3.05) is 0 Å². The molecule has 1 aromatic rings. The van der Waals surface area contributed by atoms with Crippen LogP contribution in [0.5, 0.6) is 0 Å². The molecule has 13 heteroatoms. The lowest BCUT2D eigenvalue weighted by Gasteiger charge is -2.22. The molecule has 0 saturated carbocycles. The zero-order chi connectivity index (χ0) is 21.8. The molecule has 0 aromatic heterocycles. The second kappa shape index (κ2) is 8.46. The lowest BCUT2D eigenvalue weighted by atomic mass is 10.2. The summed E-state index contributed by atoms with van der Waals surface area (Å²) >= 11 is 0. The lowest BCUT2D eigenvalue weighted by molar-refractivity contribution is -0.0472. The molecule has 2 N–H and O–H groups in total. The second-order valence-electron chi connectivity index (χ2n) is 6.21. The van der Waals surface area contributed by atoms with Crippen LogP contribution in [0.1, 0.15) is 26.3 Å². The molecule has 0 radical (unpaired) electrons. The van der Waals surface area contributed by atoms with Crippen molar-refractivity contribution in [3.05, 3.63) is 35.9 Å². The number of amides is 2. The van der Waals surface area contributed by atoms with Gasteiger partial charge in [0.05, 0.1) is 0 Å². The summed E-state index contributed by atoms with van der Waals surface area (Å²) in [5.74, 6) is -1.58. The summed E-state index contributed by atoms with van der Waals surface area (Å²) in [5.41, 5.74) is -1.46. The molecule has 0 heterocycles. The fourth-order valence-electron chi connectivity index (χ4n) is 1.62. The first kappa shape index (κ1) is 23.2. The van der Waals surface area contributed by atoms with Crippen LogP contribution in [0.15, 0.2) is 35.3 Å². The molecular weight excluding hydrogens is 407 g/mol. The molecule has 0 fully saturated rings. The Morgan fingerprint density at radius 1 is 1.14 bits per heavy atom. The van der Waals surface area contributed by atoms with Crippen LogP contribution in [0.3, 0.4) is 0 Å². The molecule has 156 valence electrons. The first-order valence-corrected chi connectivity index (χ1v) is 8.98. The largest absolute Gasteiger partial charge is 0.517 e. The third-order valence-corrected chi connectivity index (χ3v) is 4.11. The van der Waals surface area contributed by atoms with Gasteiger partial charge in [0.2, 0.25) is 5.96 Å². The van der Waals surface area contributed by atoms with Crippen LogP contribution in [-0.2, 0) is 26.1 Å². The number of hydrogen-bond donors (Lipinski definition) is 1. The number of halogens is 3. The minimum absolute atomic E-state index is 0.364. The van der Waals surface area contributed by atoms with E-state index in [0.717, 1.165) is 0 Å². The maximum Gasteiger partial charge on any atom is 0.517 e. The zero-order valence-corrected chi connectivity index (χ0v) is 15.9. The van der Waals surface area contributed by atoms with Gasteiger partial charge in [-0.15, -0.1) is 9.30 Å². The Labute approximate surface area is 159 Å². The molecule has 1 aromatic carbocycles. The number of guanidine groups is 1. The highest BCUT2D eigenvalue weighted by atomic mass is 32.2. The normalized spacial score (nSPS) is 13.0. The van der Waals surface area contributed by atoms with E-state index in [1.807, 2.05) is 0 Å². The van der Waals surface area contributed by atoms with Crippen LogP contribution in [-0.4, -0.2) is 42.0 Å². The number of sulfonamides is 1. The maximum absolute atomic E-state index is 12.9. The van der Waals surface area contributed by atoms with Crippen molar-refractivity contribution in [2.24, 2.45) is 10.7 Å². The van der Waals surface area contributed by atoms with Crippen molar-refractivity contribution in [1.29, 1.82) is 0 Å². The lowest BCUT2D eigenvalue weighted by Crippen LogP contribution is -2.51. The van der Waals surface area contributed by atoms with Crippen LogP contribution >= 0.6 is 0 Å². The van der Waals surface area contributed by atoms with Gasteiger partial charge in [-0.3, -0.25) is 0 Å². The minimum Gasteiger partial charge on any atom is -0.444 e. The SMILES string of the molecule is CC(C)(C)OC(=O)N=C(N)N(C(=O)OCc1ccccc1)S(=O)(=O)C(F)(F)F. The molecule has 0 aliphatic rings. The van der Waals surface area contributed by atoms with Gasteiger partial charge in [0.25, 0.3) is 0 Å². The van der Waals surface area contributed by atoms with Gasteiger partial charge in [0.1, 0.15) is 12.2 Å². The first-order valence-electron chi connectivity index (χ1n) is 7.54. The Kier molecular flexibility index (Phi) is 7.01. The Hall–Kier alpha value is -2.83. The molecule has 0 atom stereocenters. The maximum atomic E-state index is 12.9. The van der Waals surface area contributed by atoms with Crippen LogP contribution in [0.25, 0.3) is 0 Å². The van der Waals surface area contributed by atoms with Crippen molar-refractivity contribution in [2.45, 2.75) is 38.5 Å². The number of benzene rings is 1. The van der Waals surface area contributed by atoms with E-state index in [4.69, 9.17) is 10.5 Å². The fraction of sp³-hybridized carbons (Fsp3) is 0.400. The van der Waals surface area contributed by atoms with E-state index in [-0.39, 0.29) is 0 Å². The fourth-order valence-corrected chi connectivity index (χ4v) is 2.36. The molecular formula is C15H18F3N3O6S.